The summed E-state index contributed by atoms with van der Waals surface area (Å²) < 4.78 is 0. The van der Waals surface area contributed by atoms with Gasteiger partial charge in [0.2, 0.25) is 0 Å². The molecule has 0 unspecified atom stereocenters. The van der Waals surface area contributed by atoms with Gasteiger partial charge in [-0.25, -0.2) is 4.99 Å². The molecule has 0 spiro atoms. The van der Waals surface area contributed by atoms with Gasteiger partial charge in [0.05, 0.1) is 6.54 Å². The van der Waals surface area contributed by atoms with Gasteiger partial charge in [0.25, 0.3) is 0 Å². The maximum absolute atomic E-state index is 6.23. The van der Waals surface area contributed by atoms with Gasteiger partial charge < -0.3 is 10.6 Å². The van der Waals surface area contributed by atoms with Crippen LogP contribution in [0.15, 0.2) is 29.3 Å². The molecule has 1 aromatic rings. The molecule has 4 nitrogen and oxygen atoms in total. The van der Waals surface area contributed by atoms with Gasteiger partial charge >= 0.3 is 0 Å². The SMILES string of the molecule is CCN(CC)Cc1ccccc1CN=C(N)N1CCCCCC1. The maximum Gasteiger partial charge on any atom is 0.191 e. The van der Waals surface area contributed by atoms with Crippen LogP contribution < -0.4 is 5.73 Å². The Morgan fingerprint density at radius 2 is 1.65 bits per heavy atom. The number of nitrogens with two attached hydrogens (primary N) is 1. The lowest BCUT2D eigenvalue weighted by Crippen LogP contribution is -2.38. The van der Waals surface area contributed by atoms with Crippen LogP contribution in [0.1, 0.15) is 50.7 Å². The summed E-state index contributed by atoms with van der Waals surface area (Å²) in [7, 11) is 0. The van der Waals surface area contributed by atoms with Crippen molar-refractivity contribution >= 4 is 5.96 Å². The molecule has 0 amide bonds. The molecule has 0 bridgehead atoms. The van der Waals surface area contributed by atoms with Crippen molar-refractivity contribution in [3.63, 3.8) is 0 Å². The summed E-state index contributed by atoms with van der Waals surface area (Å²) >= 11 is 0. The Morgan fingerprint density at radius 1 is 1.04 bits per heavy atom. The fourth-order valence-corrected chi connectivity index (χ4v) is 3.12. The summed E-state index contributed by atoms with van der Waals surface area (Å²) in [5, 5.41) is 0. The van der Waals surface area contributed by atoms with Gasteiger partial charge in [0, 0.05) is 19.6 Å². The first-order valence-corrected chi connectivity index (χ1v) is 9.08. The number of benzene rings is 1. The van der Waals surface area contributed by atoms with Gasteiger partial charge in [-0.3, -0.25) is 4.90 Å². The van der Waals surface area contributed by atoms with E-state index in [0.29, 0.717) is 12.5 Å². The molecule has 0 aliphatic carbocycles. The zero-order chi connectivity index (χ0) is 16.5. The highest BCUT2D eigenvalue weighted by atomic mass is 15.2. The lowest BCUT2D eigenvalue weighted by atomic mass is 10.1. The summed E-state index contributed by atoms with van der Waals surface area (Å²) in [6, 6.07) is 8.60. The summed E-state index contributed by atoms with van der Waals surface area (Å²) in [4.78, 5) is 9.36. The molecule has 0 radical (unpaired) electrons. The Kier molecular flexibility index (Phi) is 7.40. The smallest absolute Gasteiger partial charge is 0.191 e. The molecule has 1 aliphatic heterocycles. The van der Waals surface area contributed by atoms with Crippen molar-refractivity contribution in [2.75, 3.05) is 26.2 Å². The largest absolute Gasteiger partial charge is 0.370 e. The highest BCUT2D eigenvalue weighted by Gasteiger charge is 2.11. The Balaban J connectivity index is 2.02. The molecule has 0 atom stereocenters. The first-order chi connectivity index (χ1) is 11.2. The van der Waals surface area contributed by atoms with E-state index < -0.39 is 0 Å². The minimum atomic E-state index is 0.680. The maximum atomic E-state index is 6.23. The highest BCUT2D eigenvalue weighted by Crippen LogP contribution is 2.14. The molecule has 1 saturated heterocycles. The van der Waals surface area contributed by atoms with Gasteiger partial charge in [-0.2, -0.15) is 0 Å². The minimum absolute atomic E-state index is 0.680. The second-order valence-corrected chi connectivity index (χ2v) is 6.31. The van der Waals surface area contributed by atoms with Gasteiger partial charge in [-0.15, -0.1) is 0 Å². The molecule has 4 heteroatoms. The van der Waals surface area contributed by atoms with Crippen molar-refractivity contribution in [1.29, 1.82) is 0 Å². The monoisotopic (exact) mass is 316 g/mol. The summed E-state index contributed by atoms with van der Waals surface area (Å²) in [5.41, 5.74) is 8.89. The number of nitrogens with zero attached hydrogens (tertiary/aromatic N) is 3. The Bertz CT molecular complexity index is 486. The van der Waals surface area contributed by atoms with Crippen molar-refractivity contribution in [3.8, 4) is 0 Å². The average molecular weight is 316 g/mol. The molecule has 1 aromatic carbocycles. The molecule has 1 fully saturated rings. The average Bonchev–Trinajstić information content (AvgIpc) is 2.87. The normalized spacial score (nSPS) is 16.7. The molecular weight excluding hydrogens is 284 g/mol. The van der Waals surface area contributed by atoms with E-state index in [9.17, 15) is 0 Å². The molecule has 2 rings (SSSR count). The van der Waals surface area contributed by atoms with Crippen molar-refractivity contribution < 1.29 is 0 Å². The van der Waals surface area contributed by atoms with Crippen LogP contribution in [0.2, 0.25) is 0 Å². The van der Waals surface area contributed by atoms with Crippen LogP contribution in [0.3, 0.4) is 0 Å². The van der Waals surface area contributed by atoms with E-state index in [4.69, 9.17) is 5.73 Å². The Morgan fingerprint density at radius 3 is 2.26 bits per heavy atom. The van der Waals surface area contributed by atoms with Gasteiger partial charge in [0.1, 0.15) is 0 Å². The molecule has 23 heavy (non-hydrogen) atoms. The molecule has 2 N–H and O–H groups in total. The van der Waals surface area contributed by atoms with Crippen LogP contribution in [-0.4, -0.2) is 41.9 Å². The summed E-state index contributed by atoms with van der Waals surface area (Å²) in [6.07, 6.45) is 5.09. The Labute approximate surface area is 141 Å². The fraction of sp³-hybridized carbons (Fsp3) is 0.632. The molecule has 128 valence electrons. The van der Waals surface area contributed by atoms with Crippen LogP contribution in [0.25, 0.3) is 0 Å². The van der Waals surface area contributed by atoms with E-state index in [1.807, 2.05) is 0 Å². The predicted octanol–water partition coefficient (Wildman–Crippen LogP) is 3.22. The first-order valence-electron chi connectivity index (χ1n) is 9.08. The zero-order valence-electron chi connectivity index (χ0n) is 14.8. The molecule has 0 saturated carbocycles. The third kappa shape index (κ3) is 5.54. The zero-order valence-corrected chi connectivity index (χ0v) is 14.8. The topological polar surface area (TPSA) is 44.9 Å². The number of aliphatic imine (C=N–C) groups is 1. The van der Waals surface area contributed by atoms with E-state index >= 15 is 0 Å². The molecule has 0 aromatic heterocycles. The van der Waals surface area contributed by atoms with E-state index in [1.165, 1.54) is 36.8 Å². The lowest BCUT2D eigenvalue weighted by Gasteiger charge is -2.22. The van der Waals surface area contributed by atoms with Gasteiger partial charge in [-0.05, 0) is 37.1 Å². The number of likely N-dealkylation sites (tertiary alicyclic amines) is 1. The van der Waals surface area contributed by atoms with Gasteiger partial charge in [-0.1, -0.05) is 51.0 Å². The van der Waals surface area contributed by atoms with Gasteiger partial charge in [0.15, 0.2) is 5.96 Å². The van der Waals surface area contributed by atoms with E-state index in [-0.39, 0.29) is 0 Å². The van der Waals surface area contributed by atoms with Crippen LogP contribution in [-0.2, 0) is 13.1 Å². The minimum Gasteiger partial charge on any atom is -0.370 e. The Hall–Kier alpha value is -1.55. The molecular formula is C19H32N4. The standard InChI is InChI=1S/C19H32N4/c1-3-22(4-2)16-18-12-8-7-11-17(18)15-21-19(20)23-13-9-5-6-10-14-23/h7-8,11-12H,3-6,9-10,13-16H2,1-2H3,(H2,20,21). The third-order valence-corrected chi connectivity index (χ3v) is 4.75. The van der Waals surface area contributed by atoms with Crippen molar-refractivity contribution in [3.05, 3.63) is 35.4 Å². The summed E-state index contributed by atoms with van der Waals surface area (Å²) in [6.45, 7) is 10.3. The van der Waals surface area contributed by atoms with Crippen LogP contribution >= 0.6 is 0 Å². The van der Waals surface area contributed by atoms with Crippen molar-refractivity contribution in [1.82, 2.24) is 9.80 Å². The first kappa shape index (κ1) is 17.8. The molecule has 1 aliphatic rings. The number of hydrogen-bond donors (Lipinski definition) is 1. The molecule has 1 heterocycles. The lowest BCUT2D eigenvalue weighted by molar-refractivity contribution is 0.295. The van der Waals surface area contributed by atoms with Crippen LogP contribution in [0.4, 0.5) is 0 Å². The summed E-state index contributed by atoms with van der Waals surface area (Å²) in [5.74, 6) is 0.713. The van der Waals surface area contributed by atoms with E-state index in [2.05, 4.69) is 52.9 Å². The van der Waals surface area contributed by atoms with E-state index in [0.717, 1.165) is 32.7 Å². The van der Waals surface area contributed by atoms with Crippen LogP contribution in [0.5, 0.6) is 0 Å². The fourth-order valence-electron chi connectivity index (χ4n) is 3.12. The predicted molar refractivity (Wildman–Crippen MR) is 98.4 cm³/mol. The van der Waals surface area contributed by atoms with Crippen molar-refractivity contribution in [2.24, 2.45) is 10.7 Å². The highest BCUT2D eigenvalue weighted by molar-refractivity contribution is 5.78. The third-order valence-electron chi connectivity index (χ3n) is 4.75. The number of hydrogen-bond acceptors (Lipinski definition) is 2. The quantitative estimate of drug-likeness (QED) is 0.647. The second-order valence-electron chi connectivity index (χ2n) is 6.31. The number of rotatable bonds is 6. The van der Waals surface area contributed by atoms with E-state index in [1.54, 1.807) is 0 Å². The second kappa shape index (κ2) is 9.56. The van der Waals surface area contributed by atoms with Crippen LogP contribution in [0, 0.1) is 0 Å². The number of guanidine groups is 1. The van der Waals surface area contributed by atoms with Crippen molar-refractivity contribution in [2.45, 2.75) is 52.6 Å².